The second-order valence-electron chi connectivity index (χ2n) is 3.01. The summed E-state index contributed by atoms with van der Waals surface area (Å²) in [5.41, 5.74) is -9.49. The molecular weight excluding hydrogens is 507 g/mol. The molecule has 0 radical (unpaired) electrons. The van der Waals surface area contributed by atoms with Crippen molar-refractivity contribution in [2.24, 2.45) is 0 Å². The minimum absolute atomic E-state index is 0.131. The summed E-state index contributed by atoms with van der Waals surface area (Å²) >= 11 is 17.0. The monoisotopic (exact) mass is 506 g/mol. The topological polar surface area (TPSA) is 0 Å². The minimum atomic E-state index is -4.75. The Morgan fingerprint density at radius 3 is 1.25 bits per heavy atom. The van der Waals surface area contributed by atoms with Crippen molar-refractivity contribution in [1.29, 1.82) is 0 Å². The van der Waals surface area contributed by atoms with Crippen molar-refractivity contribution in [1.82, 2.24) is 0 Å². The van der Waals surface area contributed by atoms with Gasteiger partial charge in [-0.25, -0.2) is 0 Å². The van der Waals surface area contributed by atoms with Gasteiger partial charge in [0.2, 0.25) is 0 Å². The van der Waals surface area contributed by atoms with Crippen molar-refractivity contribution >= 4 is 80.9 Å². The van der Waals surface area contributed by atoms with Crippen LogP contribution in [0, 0.1) is 3.57 Å². The van der Waals surface area contributed by atoms with Gasteiger partial charge in [0.15, 0.2) is 0 Å². The Balaban J connectivity index is 3.47. The van der Waals surface area contributed by atoms with E-state index in [4.69, 9.17) is 34.8 Å². The third-order valence-corrected chi connectivity index (χ3v) is 6.60. The first-order chi connectivity index (χ1) is 8.83. The Labute approximate surface area is 146 Å². The van der Waals surface area contributed by atoms with E-state index in [0.717, 1.165) is 0 Å². The molecule has 0 nitrogen and oxygen atoms in total. The van der Waals surface area contributed by atoms with Crippen molar-refractivity contribution in [3.8, 4) is 0 Å². The van der Waals surface area contributed by atoms with Gasteiger partial charge in [0.1, 0.15) is 0 Å². The standard InChI is InChI=1S/C8Cl3F6IS2/c9-1-4(18)2(10)6(20-8(15,16)17)3(11)5(1)19-7(12,13)14. The lowest BCUT2D eigenvalue weighted by Crippen LogP contribution is -2.04. The summed E-state index contributed by atoms with van der Waals surface area (Å²) in [6.45, 7) is 0. The first-order valence-electron chi connectivity index (χ1n) is 4.21. The van der Waals surface area contributed by atoms with E-state index in [1.165, 1.54) is 22.6 Å². The third kappa shape index (κ3) is 5.08. The fourth-order valence-corrected chi connectivity index (χ4v) is 4.38. The fourth-order valence-electron chi connectivity index (χ4n) is 1.00. The molecule has 0 spiro atoms. The maximum atomic E-state index is 12.4. The first-order valence-corrected chi connectivity index (χ1v) is 8.05. The quantitative estimate of drug-likeness (QED) is 0.134. The number of alkyl halides is 6. The van der Waals surface area contributed by atoms with Crippen LogP contribution in [-0.2, 0) is 0 Å². The molecule has 0 saturated carbocycles. The van der Waals surface area contributed by atoms with E-state index >= 15 is 0 Å². The molecule has 0 aliphatic carbocycles. The molecule has 0 heterocycles. The van der Waals surface area contributed by atoms with E-state index in [1.807, 2.05) is 0 Å². The van der Waals surface area contributed by atoms with Gasteiger partial charge in [-0.1, -0.05) is 34.8 Å². The van der Waals surface area contributed by atoms with Crippen LogP contribution in [0.15, 0.2) is 9.79 Å². The van der Waals surface area contributed by atoms with E-state index < -0.39 is 59.4 Å². The zero-order chi connectivity index (χ0) is 15.9. The number of rotatable bonds is 2. The number of hydrogen-bond donors (Lipinski definition) is 0. The van der Waals surface area contributed by atoms with Crippen LogP contribution in [0.2, 0.25) is 15.1 Å². The molecule has 0 aromatic heterocycles. The van der Waals surface area contributed by atoms with Gasteiger partial charge in [0.25, 0.3) is 0 Å². The van der Waals surface area contributed by atoms with Crippen LogP contribution in [0.1, 0.15) is 0 Å². The van der Waals surface area contributed by atoms with Gasteiger partial charge >= 0.3 is 11.0 Å². The van der Waals surface area contributed by atoms with E-state index in [1.54, 1.807) is 0 Å². The third-order valence-electron chi connectivity index (χ3n) is 1.62. The minimum Gasteiger partial charge on any atom is -0.160 e. The summed E-state index contributed by atoms with van der Waals surface area (Å²) in [6, 6.07) is 0. The second kappa shape index (κ2) is 6.69. The fraction of sp³-hybridized carbons (Fsp3) is 0.250. The molecule has 0 aliphatic heterocycles. The van der Waals surface area contributed by atoms with Gasteiger partial charge < -0.3 is 0 Å². The van der Waals surface area contributed by atoms with Crippen molar-refractivity contribution in [2.45, 2.75) is 20.8 Å². The van der Waals surface area contributed by atoms with Crippen LogP contribution in [0.25, 0.3) is 0 Å². The summed E-state index contributed by atoms with van der Waals surface area (Å²) in [7, 11) is 0. The summed E-state index contributed by atoms with van der Waals surface area (Å²) < 4.78 is 74.2. The van der Waals surface area contributed by atoms with Crippen molar-refractivity contribution < 1.29 is 26.3 Å². The van der Waals surface area contributed by atoms with Crippen LogP contribution >= 0.6 is 80.9 Å². The van der Waals surface area contributed by atoms with Gasteiger partial charge in [-0.05, 0) is 46.1 Å². The molecule has 0 atom stereocenters. The SMILES string of the molecule is FC(F)(F)Sc1c(Cl)c(I)c(Cl)c(SC(F)(F)F)c1Cl. The highest BCUT2D eigenvalue weighted by molar-refractivity contribution is 14.1. The molecule has 0 N–H and O–H groups in total. The summed E-state index contributed by atoms with van der Waals surface area (Å²) in [5, 5.41) is -1.64. The van der Waals surface area contributed by atoms with Crippen molar-refractivity contribution in [3.63, 3.8) is 0 Å². The highest BCUT2D eigenvalue weighted by Gasteiger charge is 2.37. The molecule has 0 saturated heterocycles. The molecule has 0 aliphatic rings. The molecule has 0 bridgehead atoms. The van der Waals surface area contributed by atoms with Gasteiger partial charge in [0, 0.05) is 0 Å². The van der Waals surface area contributed by atoms with Gasteiger partial charge in [-0.15, -0.1) is 0 Å². The largest absolute Gasteiger partial charge is 0.446 e. The number of benzene rings is 1. The van der Waals surface area contributed by atoms with Crippen molar-refractivity contribution in [2.75, 3.05) is 0 Å². The number of hydrogen-bond acceptors (Lipinski definition) is 2. The number of thioether (sulfide) groups is 2. The van der Waals surface area contributed by atoms with Crippen LogP contribution in [0.5, 0.6) is 0 Å². The molecule has 1 rings (SSSR count). The molecule has 114 valence electrons. The van der Waals surface area contributed by atoms with E-state index in [-0.39, 0.29) is 3.57 Å². The number of halogens is 10. The molecule has 20 heavy (non-hydrogen) atoms. The zero-order valence-corrected chi connectivity index (χ0v) is 14.7. The Morgan fingerprint density at radius 2 is 1.00 bits per heavy atom. The lowest BCUT2D eigenvalue weighted by molar-refractivity contribution is -0.0334. The molecule has 12 heteroatoms. The second-order valence-corrected chi connectivity index (χ2v) is 7.37. The Hall–Kier alpha value is 1.10. The average molecular weight is 507 g/mol. The van der Waals surface area contributed by atoms with E-state index in [2.05, 4.69) is 0 Å². The van der Waals surface area contributed by atoms with Crippen LogP contribution in [-0.4, -0.2) is 11.0 Å². The van der Waals surface area contributed by atoms with Gasteiger partial charge in [0.05, 0.1) is 28.4 Å². The lowest BCUT2D eigenvalue weighted by Gasteiger charge is -2.16. The summed E-state index contributed by atoms with van der Waals surface area (Å²) in [5.74, 6) is 0. The highest BCUT2D eigenvalue weighted by atomic mass is 127. The Kier molecular flexibility index (Phi) is 6.41. The van der Waals surface area contributed by atoms with Crippen LogP contribution < -0.4 is 0 Å². The summed E-state index contributed by atoms with van der Waals surface area (Å²) in [4.78, 5) is -1.41. The van der Waals surface area contributed by atoms with Crippen LogP contribution in [0.3, 0.4) is 0 Å². The lowest BCUT2D eigenvalue weighted by atomic mass is 10.3. The van der Waals surface area contributed by atoms with Gasteiger partial charge in [-0.3, -0.25) is 0 Å². The Morgan fingerprint density at radius 1 is 0.700 bits per heavy atom. The molecule has 0 amide bonds. The van der Waals surface area contributed by atoms with Gasteiger partial charge in [-0.2, -0.15) is 26.3 Å². The molecule has 0 fully saturated rings. The van der Waals surface area contributed by atoms with E-state index in [0.29, 0.717) is 0 Å². The highest BCUT2D eigenvalue weighted by Crippen LogP contribution is 2.53. The predicted octanol–water partition coefficient (Wildman–Crippen LogP) is 7.48. The maximum absolute atomic E-state index is 12.4. The Bertz CT molecular complexity index is 487. The molecule has 0 unspecified atom stereocenters. The molecule has 1 aromatic rings. The molecular formula is C8Cl3F6IS2. The molecule has 1 aromatic carbocycles. The average Bonchev–Trinajstić information content (AvgIpc) is 2.25. The summed E-state index contributed by atoms with van der Waals surface area (Å²) in [6.07, 6.45) is 0. The first kappa shape index (κ1) is 19.1. The van der Waals surface area contributed by atoms with E-state index in [9.17, 15) is 26.3 Å². The predicted molar refractivity (Wildman–Crippen MR) is 78.0 cm³/mol. The van der Waals surface area contributed by atoms with Crippen molar-refractivity contribution in [3.05, 3.63) is 18.6 Å². The van der Waals surface area contributed by atoms with Crippen LogP contribution in [0.4, 0.5) is 26.3 Å². The smallest absolute Gasteiger partial charge is 0.160 e. The maximum Gasteiger partial charge on any atom is 0.446 e. The normalized spacial score (nSPS) is 12.9. The zero-order valence-electron chi connectivity index (χ0n) is 8.60.